The first kappa shape index (κ1) is 16.3. The van der Waals surface area contributed by atoms with Gasteiger partial charge in [-0.2, -0.15) is 4.98 Å². The molecule has 0 aromatic carbocycles. The Morgan fingerprint density at radius 2 is 2.05 bits per heavy atom. The van der Waals surface area contributed by atoms with Gasteiger partial charge in [-0.15, -0.1) is 0 Å². The van der Waals surface area contributed by atoms with Crippen molar-refractivity contribution < 1.29 is 13.9 Å². The van der Waals surface area contributed by atoms with Gasteiger partial charge in [0, 0.05) is 6.54 Å². The topological polar surface area (TPSA) is 77.2 Å². The van der Waals surface area contributed by atoms with Crippen molar-refractivity contribution in [3.8, 4) is 0 Å². The monoisotopic (exact) mass is 305 g/mol. The van der Waals surface area contributed by atoms with Crippen LogP contribution in [0.5, 0.6) is 0 Å². The second kappa shape index (κ2) is 6.77. The van der Waals surface area contributed by atoms with Crippen LogP contribution in [0.1, 0.15) is 49.1 Å². The summed E-state index contributed by atoms with van der Waals surface area (Å²) < 4.78 is 10.7. The third kappa shape index (κ3) is 3.37. The summed E-state index contributed by atoms with van der Waals surface area (Å²) in [4.78, 5) is 20.9. The van der Waals surface area contributed by atoms with Crippen LogP contribution in [0, 0.1) is 19.8 Å². The fourth-order valence-corrected chi connectivity index (χ4v) is 2.27. The maximum atomic E-state index is 12.2. The fourth-order valence-electron chi connectivity index (χ4n) is 2.27. The minimum Gasteiger partial charge on any atom is -0.462 e. The van der Waals surface area contributed by atoms with Gasteiger partial charge < -0.3 is 14.5 Å². The van der Waals surface area contributed by atoms with E-state index in [0.717, 1.165) is 13.0 Å². The average molecular weight is 305 g/mol. The number of esters is 1. The number of carbonyl (C=O) groups is 1. The number of hydrogen-bond donors (Lipinski definition) is 1. The van der Waals surface area contributed by atoms with Crippen LogP contribution in [0.4, 0.5) is 5.82 Å². The molecule has 0 unspecified atom stereocenters. The first-order valence-corrected chi connectivity index (χ1v) is 7.62. The highest BCUT2D eigenvalue weighted by atomic mass is 16.5. The number of aromatic nitrogens is 2. The van der Waals surface area contributed by atoms with Gasteiger partial charge in [0.25, 0.3) is 0 Å². The summed E-state index contributed by atoms with van der Waals surface area (Å²) in [6, 6.07) is 0. The molecule has 22 heavy (non-hydrogen) atoms. The Hall–Kier alpha value is -2.11. The van der Waals surface area contributed by atoms with Crippen LogP contribution in [0.2, 0.25) is 0 Å². The molecule has 0 aliphatic heterocycles. The smallest absolute Gasteiger partial charge is 0.342 e. The van der Waals surface area contributed by atoms with E-state index in [-0.39, 0.29) is 0 Å². The second-order valence-electron chi connectivity index (χ2n) is 5.66. The van der Waals surface area contributed by atoms with Gasteiger partial charge in [-0.1, -0.05) is 13.8 Å². The Morgan fingerprint density at radius 3 is 2.68 bits per heavy atom. The molecule has 0 atom stereocenters. The van der Waals surface area contributed by atoms with Crippen LogP contribution in [-0.4, -0.2) is 29.1 Å². The first-order chi connectivity index (χ1) is 10.4. The highest BCUT2D eigenvalue weighted by Gasteiger charge is 2.24. The standard InChI is InChI=1S/C16H23N3O3/c1-6-21-16(20)12-10(4)22-15-13(12)14(18-11(5)19-15)17-8-7-9(2)3/h9H,6-8H2,1-5H3,(H,17,18,19). The van der Waals surface area contributed by atoms with E-state index >= 15 is 0 Å². The Balaban J connectivity index is 2.46. The highest BCUT2D eigenvalue weighted by molar-refractivity contribution is 6.07. The lowest BCUT2D eigenvalue weighted by Gasteiger charge is -2.09. The minimum atomic E-state index is -0.405. The van der Waals surface area contributed by atoms with E-state index in [1.165, 1.54) is 0 Å². The van der Waals surface area contributed by atoms with Crippen molar-refractivity contribution in [3.63, 3.8) is 0 Å². The molecule has 6 heteroatoms. The zero-order valence-electron chi connectivity index (χ0n) is 13.8. The van der Waals surface area contributed by atoms with E-state index < -0.39 is 5.97 Å². The third-order valence-corrected chi connectivity index (χ3v) is 3.33. The number of aryl methyl sites for hydroxylation is 2. The molecule has 0 amide bonds. The van der Waals surface area contributed by atoms with Crippen molar-refractivity contribution in [1.82, 2.24) is 9.97 Å². The van der Waals surface area contributed by atoms with Crippen molar-refractivity contribution in [2.24, 2.45) is 5.92 Å². The number of ether oxygens (including phenoxy) is 1. The van der Waals surface area contributed by atoms with Crippen molar-refractivity contribution in [3.05, 3.63) is 17.1 Å². The molecule has 2 heterocycles. The molecule has 0 saturated heterocycles. The SMILES string of the molecule is CCOC(=O)c1c(C)oc2nc(C)nc(NCCC(C)C)c12. The van der Waals surface area contributed by atoms with Crippen molar-refractivity contribution in [2.75, 3.05) is 18.5 Å². The highest BCUT2D eigenvalue weighted by Crippen LogP contribution is 2.30. The second-order valence-corrected chi connectivity index (χ2v) is 5.66. The molecule has 0 fully saturated rings. The fraction of sp³-hybridized carbons (Fsp3) is 0.562. The van der Waals surface area contributed by atoms with E-state index in [4.69, 9.17) is 9.15 Å². The average Bonchev–Trinajstić information content (AvgIpc) is 2.74. The van der Waals surface area contributed by atoms with Crippen LogP contribution in [0.3, 0.4) is 0 Å². The molecular weight excluding hydrogens is 282 g/mol. The van der Waals surface area contributed by atoms with E-state index in [1.54, 1.807) is 20.8 Å². The minimum absolute atomic E-state index is 0.313. The van der Waals surface area contributed by atoms with Gasteiger partial charge in [0.2, 0.25) is 5.71 Å². The van der Waals surface area contributed by atoms with Gasteiger partial charge in [0.15, 0.2) is 0 Å². The predicted molar refractivity (Wildman–Crippen MR) is 85.2 cm³/mol. The zero-order chi connectivity index (χ0) is 16.3. The summed E-state index contributed by atoms with van der Waals surface area (Å²) in [6.07, 6.45) is 1.01. The molecule has 0 spiro atoms. The molecule has 6 nitrogen and oxygen atoms in total. The third-order valence-electron chi connectivity index (χ3n) is 3.33. The Bertz CT molecular complexity index is 677. The molecule has 120 valence electrons. The van der Waals surface area contributed by atoms with Crippen molar-refractivity contribution >= 4 is 22.9 Å². The maximum absolute atomic E-state index is 12.2. The number of nitrogens with zero attached hydrogens (tertiary/aromatic N) is 2. The van der Waals surface area contributed by atoms with Crippen LogP contribution < -0.4 is 5.32 Å². The summed E-state index contributed by atoms with van der Waals surface area (Å²) >= 11 is 0. The molecule has 0 aliphatic rings. The first-order valence-electron chi connectivity index (χ1n) is 7.62. The molecular formula is C16H23N3O3. The van der Waals surface area contributed by atoms with Gasteiger partial charge in [0.1, 0.15) is 23.0 Å². The van der Waals surface area contributed by atoms with Gasteiger partial charge >= 0.3 is 5.97 Å². The summed E-state index contributed by atoms with van der Waals surface area (Å²) in [6.45, 7) is 10.7. The summed E-state index contributed by atoms with van der Waals surface area (Å²) in [5.74, 6) is 1.91. The molecule has 0 radical (unpaired) electrons. The maximum Gasteiger partial charge on any atom is 0.342 e. The van der Waals surface area contributed by atoms with Crippen molar-refractivity contribution in [1.29, 1.82) is 0 Å². The number of hydrogen-bond acceptors (Lipinski definition) is 6. The van der Waals surface area contributed by atoms with E-state index in [1.807, 2.05) is 0 Å². The van der Waals surface area contributed by atoms with E-state index in [9.17, 15) is 4.79 Å². The van der Waals surface area contributed by atoms with Crippen LogP contribution in [0.25, 0.3) is 11.1 Å². The molecule has 0 saturated carbocycles. The van der Waals surface area contributed by atoms with Gasteiger partial charge in [-0.3, -0.25) is 0 Å². The molecule has 2 aromatic heterocycles. The van der Waals surface area contributed by atoms with Crippen LogP contribution in [-0.2, 0) is 4.74 Å². The molecule has 2 aromatic rings. The molecule has 0 aliphatic carbocycles. The van der Waals surface area contributed by atoms with Crippen molar-refractivity contribution in [2.45, 2.75) is 41.0 Å². The number of fused-ring (bicyclic) bond motifs is 1. The van der Waals surface area contributed by atoms with E-state index in [0.29, 0.717) is 46.6 Å². The number of rotatable bonds is 6. The molecule has 0 bridgehead atoms. The number of furan rings is 1. The Labute approximate surface area is 130 Å². The lowest BCUT2D eigenvalue weighted by Crippen LogP contribution is -2.10. The van der Waals surface area contributed by atoms with Crippen LogP contribution in [0.15, 0.2) is 4.42 Å². The lowest BCUT2D eigenvalue weighted by molar-refractivity contribution is 0.0526. The Kier molecular flexibility index (Phi) is 5.00. The van der Waals surface area contributed by atoms with Gasteiger partial charge in [-0.25, -0.2) is 9.78 Å². The normalized spacial score (nSPS) is 11.2. The zero-order valence-corrected chi connectivity index (χ0v) is 13.8. The summed E-state index contributed by atoms with van der Waals surface area (Å²) in [5.41, 5.74) is 0.823. The lowest BCUT2D eigenvalue weighted by atomic mass is 10.1. The van der Waals surface area contributed by atoms with Crippen LogP contribution >= 0.6 is 0 Å². The van der Waals surface area contributed by atoms with Gasteiger partial charge in [-0.05, 0) is 33.1 Å². The largest absolute Gasteiger partial charge is 0.462 e. The summed E-state index contributed by atoms with van der Waals surface area (Å²) in [7, 11) is 0. The molecule has 1 N–H and O–H groups in total. The van der Waals surface area contributed by atoms with E-state index in [2.05, 4.69) is 29.1 Å². The number of carbonyl (C=O) groups excluding carboxylic acids is 1. The quantitative estimate of drug-likeness (QED) is 0.823. The van der Waals surface area contributed by atoms with Gasteiger partial charge in [0.05, 0.1) is 12.0 Å². The number of nitrogens with one attached hydrogen (secondary N) is 1. The Morgan fingerprint density at radius 1 is 1.32 bits per heavy atom. The molecule has 2 rings (SSSR count). The number of anilines is 1. The summed E-state index contributed by atoms with van der Waals surface area (Å²) in [5, 5.41) is 3.89. The predicted octanol–water partition coefficient (Wildman–Crippen LogP) is 3.47.